The van der Waals surface area contributed by atoms with E-state index in [1.807, 2.05) is 20.8 Å². The summed E-state index contributed by atoms with van der Waals surface area (Å²) in [6, 6.07) is 0. The largest absolute Gasteiger partial charge is 0.244 e. The quantitative estimate of drug-likeness (QED) is 0.667. The topological polar surface area (TPSA) is 95.4 Å². The Kier molecular flexibility index (Phi) is 3.12. The molecule has 0 bridgehead atoms. The van der Waals surface area contributed by atoms with Crippen molar-refractivity contribution in [2.45, 2.75) is 39.7 Å². The fraction of sp³-hybridized carbons (Fsp3) is 0.500. The molecule has 0 aliphatic rings. The molecule has 3 heterocycles. The summed E-state index contributed by atoms with van der Waals surface area (Å²) >= 11 is 6.28. The van der Waals surface area contributed by atoms with Gasteiger partial charge in [-0.15, -0.1) is 5.10 Å². The first-order valence-corrected chi connectivity index (χ1v) is 6.79. The van der Waals surface area contributed by atoms with Crippen LogP contribution in [-0.4, -0.2) is 35.3 Å². The minimum atomic E-state index is -0.214. The van der Waals surface area contributed by atoms with Crippen molar-refractivity contribution in [3.05, 3.63) is 22.4 Å². The van der Waals surface area contributed by atoms with Gasteiger partial charge < -0.3 is 0 Å². The van der Waals surface area contributed by atoms with Gasteiger partial charge in [0, 0.05) is 5.41 Å². The van der Waals surface area contributed by atoms with E-state index >= 15 is 0 Å². The molecule has 8 nitrogen and oxygen atoms in total. The molecule has 0 fully saturated rings. The van der Waals surface area contributed by atoms with Crippen LogP contribution >= 0.6 is 11.6 Å². The Labute approximate surface area is 125 Å². The molecule has 0 aliphatic carbocycles. The highest BCUT2D eigenvalue weighted by Crippen LogP contribution is 2.25. The third-order valence-corrected chi connectivity index (χ3v) is 3.31. The van der Waals surface area contributed by atoms with E-state index in [2.05, 4.69) is 35.2 Å². The maximum absolute atomic E-state index is 6.28. The summed E-state index contributed by atoms with van der Waals surface area (Å²) in [6.07, 6.45) is 0. The zero-order valence-electron chi connectivity index (χ0n) is 12.1. The summed E-state index contributed by atoms with van der Waals surface area (Å²) in [5.74, 6) is 0.631. The highest BCUT2D eigenvalue weighted by molar-refractivity contribution is 6.33. The SMILES string of the molecule is Cc1nonc1Cn1nnc2nc(C(C)(C)C)nc(Cl)c21. The molecule has 0 atom stereocenters. The first kappa shape index (κ1) is 13.9. The first-order valence-electron chi connectivity index (χ1n) is 6.41. The third-order valence-electron chi connectivity index (χ3n) is 3.05. The molecule has 0 saturated heterocycles. The van der Waals surface area contributed by atoms with E-state index in [0.29, 0.717) is 40.1 Å². The van der Waals surface area contributed by atoms with Crippen LogP contribution in [0.3, 0.4) is 0 Å². The summed E-state index contributed by atoms with van der Waals surface area (Å²) in [5, 5.41) is 16.0. The van der Waals surface area contributed by atoms with Crippen molar-refractivity contribution in [2.75, 3.05) is 0 Å². The van der Waals surface area contributed by atoms with Crippen LogP contribution in [0.25, 0.3) is 11.2 Å². The van der Waals surface area contributed by atoms with Gasteiger partial charge in [0.25, 0.3) is 0 Å². The van der Waals surface area contributed by atoms with E-state index in [1.54, 1.807) is 11.6 Å². The highest BCUT2D eigenvalue weighted by atomic mass is 35.5. The van der Waals surface area contributed by atoms with Crippen molar-refractivity contribution in [1.29, 1.82) is 0 Å². The van der Waals surface area contributed by atoms with Gasteiger partial charge in [0.05, 0.1) is 6.54 Å². The molecule has 3 aromatic rings. The van der Waals surface area contributed by atoms with E-state index < -0.39 is 0 Å². The zero-order chi connectivity index (χ0) is 15.2. The number of hydrogen-bond acceptors (Lipinski definition) is 7. The lowest BCUT2D eigenvalue weighted by Crippen LogP contribution is -2.16. The maximum atomic E-state index is 6.28. The van der Waals surface area contributed by atoms with Crippen molar-refractivity contribution in [3.63, 3.8) is 0 Å². The Balaban J connectivity index is 2.09. The molecule has 0 saturated carbocycles. The van der Waals surface area contributed by atoms with Gasteiger partial charge in [-0.3, -0.25) is 0 Å². The van der Waals surface area contributed by atoms with Gasteiger partial charge in [-0.05, 0) is 6.92 Å². The molecule has 0 amide bonds. The summed E-state index contributed by atoms with van der Waals surface area (Å²) in [7, 11) is 0. The van der Waals surface area contributed by atoms with Crippen molar-refractivity contribution in [1.82, 2.24) is 35.3 Å². The second-order valence-electron chi connectivity index (χ2n) is 5.80. The van der Waals surface area contributed by atoms with E-state index in [1.165, 1.54) is 0 Å². The number of halogens is 1. The second kappa shape index (κ2) is 4.73. The number of nitrogens with zero attached hydrogens (tertiary/aromatic N) is 7. The Morgan fingerprint density at radius 3 is 2.57 bits per heavy atom. The average Bonchev–Trinajstić information content (AvgIpc) is 2.97. The number of rotatable bonds is 2. The molecule has 3 aromatic heterocycles. The van der Waals surface area contributed by atoms with Crippen LogP contribution in [0.2, 0.25) is 5.15 Å². The standard InChI is InChI=1S/C12H14ClN7O/c1-6-7(18-21-17-6)5-20-8-9(13)14-11(12(2,3)4)15-10(8)16-19-20/h5H2,1-4H3. The minimum Gasteiger partial charge on any atom is -0.244 e. The molecule has 0 aromatic carbocycles. The Morgan fingerprint density at radius 1 is 1.19 bits per heavy atom. The van der Waals surface area contributed by atoms with Gasteiger partial charge in [0.2, 0.25) is 5.65 Å². The normalized spacial score (nSPS) is 12.2. The van der Waals surface area contributed by atoms with Crippen LogP contribution < -0.4 is 0 Å². The number of fused-ring (bicyclic) bond motifs is 1. The van der Waals surface area contributed by atoms with E-state index in [0.717, 1.165) is 0 Å². The fourth-order valence-corrected chi connectivity index (χ4v) is 2.09. The minimum absolute atomic E-state index is 0.214. The van der Waals surface area contributed by atoms with Gasteiger partial charge >= 0.3 is 0 Å². The molecule has 0 N–H and O–H groups in total. The molecule has 21 heavy (non-hydrogen) atoms. The van der Waals surface area contributed by atoms with E-state index in [9.17, 15) is 0 Å². The van der Waals surface area contributed by atoms with E-state index in [4.69, 9.17) is 11.6 Å². The summed E-state index contributed by atoms with van der Waals surface area (Å²) < 4.78 is 6.27. The lowest BCUT2D eigenvalue weighted by molar-refractivity contribution is 0.300. The molecule has 0 unspecified atom stereocenters. The van der Waals surface area contributed by atoms with E-state index in [-0.39, 0.29) is 5.41 Å². The van der Waals surface area contributed by atoms with Crippen LogP contribution in [0.15, 0.2) is 4.63 Å². The predicted molar refractivity (Wildman–Crippen MR) is 75.0 cm³/mol. The van der Waals surface area contributed by atoms with Crippen molar-refractivity contribution < 1.29 is 4.63 Å². The molecule has 0 aliphatic heterocycles. The number of hydrogen-bond donors (Lipinski definition) is 0. The molecular formula is C12H14ClN7O. The van der Waals surface area contributed by atoms with Crippen LogP contribution in [0.4, 0.5) is 0 Å². The molecule has 9 heteroatoms. The second-order valence-corrected chi connectivity index (χ2v) is 6.16. The highest BCUT2D eigenvalue weighted by Gasteiger charge is 2.22. The molecule has 0 spiro atoms. The Hall–Kier alpha value is -2.09. The van der Waals surface area contributed by atoms with Gasteiger partial charge in [-0.25, -0.2) is 19.3 Å². The molecular weight excluding hydrogens is 294 g/mol. The van der Waals surface area contributed by atoms with Gasteiger partial charge in [0.1, 0.15) is 22.7 Å². The zero-order valence-corrected chi connectivity index (χ0v) is 12.9. The maximum Gasteiger partial charge on any atom is 0.206 e. The molecule has 110 valence electrons. The third kappa shape index (κ3) is 2.46. The lowest BCUT2D eigenvalue weighted by atomic mass is 9.96. The lowest BCUT2D eigenvalue weighted by Gasteiger charge is -2.16. The van der Waals surface area contributed by atoms with Gasteiger partial charge in [-0.2, -0.15) is 0 Å². The van der Waals surface area contributed by atoms with Crippen LogP contribution in [-0.2, 0) is 12.0 Å². The first-order chi connectivity index (χ1) is 9.86. The summed E-state index contributed by atoms with van der Waals surface area (Å²) in [4.78, 5) is 8.78. The Bertz CT molecular complexity index is 802. The smallest absolute Gasteiger partial charge is 0.206 e. The Morgan fingerprint density at radius 2 is 1.95 bits per heavy atom. The fourth-order valence-electron chi connectivity index (χ4n) is 1.83. The van der Waals surface area contributed by atoms with Crippen molar-refractivity contribution in [2.24, 2.45) is 0 Å². The van der Waals surface area contributed by atoms with Crippen LogP contribution in [0.5, 0.6) is 0 Å². The van der Waals surface area contributed by atoms with Crippen LogP contribution in [0.1, 0.15) is 38.0 Å². The predicted octanol–water partition coefficient (Wildman–Crippen LogP) is 1.91. The van der Waals surface area contributed by atoms with Crippen molar-refractivity contribution in [3.8, 4) is 0 Å². The molecule has 0 radical (unpaired) electrons. The van der Waals surface area contributed by atoms with Gasteiger partial charge in [0.15, 0.2) is 5.15 Å². The summed E-state index contributed by atoms with van der Waals surface area (Å²) in [6.45, 7) is 8.20. The number of aromatic nitrogens is 7. The molecule has 3 rings (SSSR count). The number of aryl methyl sites for hydroxylation is 1. The monoisotopic (exact) mass is 307 g/mol. The van der Waals surface area contributed by atoms with Crippen LogP contribution in [0, 0.1) is 6.92 Å². The summed E-state index contributed by atoms with van der Waals surface area (Å²) in [5.41, 5.74) is 2.19. The average molecular weight is 308 g/mol. The van der Waals surface area contributed by atoms with Gasteiger partial charge in [-0.1, -0.05) is 47.9 Å². The van der Waals surface area contributed by atoms with Crippen molar-refractivity contribution >= 4 is 22.8 Å².